The van der Waals surface area contributed by atoms with E-state index in [1.54, 1.807) is 35.2 Å². The van der Waals surface area contributed by atoms with E-state index in [0.717, 1.165) is 5.56 Å². The molecule has 0 bridgehead atoms. The lowest BCUT2D eigenvalue weighted by Gasteiger charge is -2.41. The first-order valence-corrected chi connectivity index (χ1v) is 10.3. The van der Waals surface area contributed by atoms with Crippen LogP contribution in [0.1, 0.15) is 27.0 Å². The molecule has 1 aliphatic rings. The van der Waals surface area contributed by atoms with Crippen molar-refractivity contribution in [3.05, 3.63) is 70.8 Å². The summed E-state index contributed by atoms with van der Waals surface area (Å²) in [5.74, 6) is -1.43. The number of piperazine rings is 1. The van der Waals surface area contributed by atoms with Gasteiger partial charge in [-0.05, 0) is 30.2 Å². The predicted octanol–water partition coefficient (Wildman–Crippen LogP) is 4.27. The van der Waals surface area contributed by atoms with E-state index in [1.807, 2.05) is 0 Å². The first-order valence-electron chi connectivity index (χ1n) is 10.3. The zero-order chi connectivity index (χ0) is 25.1. The lowest BCUT2D eigenvalue weighted by molar-refractivity contribution is -0.143. The van der Waals surface area contributed by atoms with Gasteiger partial charge in [0.15, 0.2) is 0 Å². The summed E-state index contributed by atoms with van der Waals surface area (Å²) < 4.78 is 84.3. The van der Waals surface area contributed by atoms with Gasteiger partial charge in [0.1, 0.15) is 0 Å². The van der Waals surface area contributed by atoms with Crippen LogP contribution in [-0.2, 0) is 28.3 Å². The van der Waals surface area contributed by atoms with Crippen molar-refractivity contribution in [3.63, 3.8) is 0 Å². The number of halogens is 6. The van der Waals surface area contributed by atoms with Gasteiger partial charge in [-0.3, -0.25) is 14.5 Å². The van der Waals surface area contributed by atoms with Crippen LogP contribution >= 0.6 is 0 Å². The summed E-state index contributed by atoms with van der Waals surface area (Å²) in [5.41, 5.74) is -2.96. The number of methoxy groups -OCH3 is 1. The van der Waals surface area contributed by atoms with Crippen LogP contribution in [0.2, 0.25) is 0 Å². The van der Waals surface area contributed by atoms with Crippen molar-refractivity contribution in [2.45, 2.75) is 24.8 Å². The molecular formula is C23H22F6N2O3. The van der Waals surface area contributed by atoms with Crippen LogP contribution in [0, 0.1) is 0 Å². The number of hydrogen-bond acceptors (Lipinski definition) is 4. The number of esters is 1. The monoisotopic (exact) mass is 488 g/mol. The number of rotatable bonds is 5. The maximum Gasteiger partial charge on any atom is 0.416 e. The highest BCUT2D eigenvalue weighted by molar-refractivity contribution is 5.95. The van der Waals surface area contributed by atoms with Crippen LogP contribution in [0.15, 0.2) is 48.5 Å². The van der Waals surface area contributed by atoms with Gasteiger partial charge < -0.3 is 9.64 Å². The van der Waals surface area contributed by atoms with E-state index in [0.29, 0.717) is 18.6 Å². The molecule has 5 nitrogen and oxygen atoms in total. The van der Waals surface area contributed by atoms with Crippen LogP contribution in [0.5, 0.6) is 0 Å². The van der Waals surface area contributed by atoms with Crippen molar-refractivity contribution in [1.29, 1.82) is 0 Å². The molecule has 1 saturated heterocycles. The molecule has 0 spiro atoms. The van der Waals surface area contributed by atoms with Crippen molar-refractivity contribution < 1.29 is 40.7 Å². The zero-order valence-electron chi connectivity index (χ0n) is 18.1. The molecule has 0 N–H and O–H groups in total. The molecule has 1 fully saturated rings. The molecule has 3 rings (SSSR count). The Hall–Kier alpha value is -3.08. The largest absolute Gasteiger partial charge is 0.468 e. The molecule has 1 amide bonds. The van der Waals surface area contributed by atoms with Crippen LogP contribution in [0.4, 0.5) is 26.3 Å². The van der Waals surface area contributed by atoms with Gasteiger partial charge in [-0.25, -0.2) is 0 Å². The minimum Gasteiger partial charge on any atom is -0.468 e. The summed E-state index contributed by atoms with van der Waals surface area (Å²) in [7, 11) is 1.23. The molecule has 0 unspecified atom stereocenters. The molecule has 1 heterocycles. The summed E-state index contributed by atoms with van der Waals surface area (Å²) in [6.07, 6.45) is -9.81. The molecule has 0 aromatic heterocycles. The van der Waals surface area contributed by atoms with Gasteiger partial charge >= 0.3 is 18.3 Å². The Morgan fingerprint density at radius 3 is 2.06 bits per heavy atom. The minimum absolute atomic E-state index is 0.00741. The molecular weight excluding hydrogens is 466 g/mol. The van der Waals surface area contributed by atoms with E-state index in [-0.39, 0.29) is 32.2 Å². The number of carbonyl (C=O) groups excluding carboxylic acids is 2. The first-order chi connectivity index (χ1) is 15.9. The second-order valence-electron chi connectivity index (χ2n) is 7.95. The number of ether oxygens (including phenoxy) is 1. The van der Waals surface area contributed by atoms with Gasteiger partial charge in [0.05, 0.1) is 24.8 Å². The summed E-state index contributed by atoms with van der Waals surface area (Å²) in [6, 6.07) is 9.23. The van der Waals surface area contributed by atoms with Crippen molar-refractivity contribution in [2.24, 2.45) is 0 Å². The number of amides is 1. The van der Waals surface area contributed by atoms with Crippen molar-refractivity contribution in [1.82, 2.24) is 9.80 Å². The number of benzene rings is 2. The zero-order valence-corrected chi connectivity index (χ0v) is 18.1. The minimum atomic E-state index is -5.06. The maximum absolute atomic E-state index is 13.3. The predicted molar refractivity (Wildman–Crippen MR) is 110 cm³/mol. The van der Waals surface area contributed by atoms with Gasteiger partial charge in [0.25, 0.3) is 5.91 Å². The molecule has 1 aliphatic heterocycles. The Balaban J connectivity index is 1.95. The van der Waals surface area contributed by atoms with E-state index < -0.39 is 47.0 Å². The number of nitrogens with zero attached hydrogens (tertiary/aromatic N) is 2. The van der Waals surface area contributed by atoms with Gasteiger partial charge in [-0.15, -0.1) is 0 Å². The first kappa shape index (κ1) is 25.5. The maximum atomic E-state index is 13.3. The average Bonchev–Trinajstić information content (AvgIpc) is 2.78. The topological polar surface area (TPSA) is 49.9 Å². The molecule has 0 aliphatic carbocycles. The van der Waals surface area contributed by atoms with Crippen LogP contribution in [0.25, 0.3) is 0 Å². The molecule has 2 aromatic rings. The fourth-order valence-corrected chi connectivity index (χ4v) is 3.88. The third kappa shape index (κ3) is 6.28. The van der Waals surface area contributed by atoms with Crippen molar-refractivity contribution in [3.8, 4) is 0 Å². The normalized spacial score (nSPS) is 17.5. The molecule has 2 aromatic carbocycles. The summed E-state index contributed by atoms with van der Waals surface area (Å²) >= 11 is 0. The Bertz CT molecular complexity index is 991. The highest BCUT2D eigenvalue weighted by atomic mass is 19.4. The molecule has 0 saturated carbocycles. The lowest BCUT2D eigenvalue weighted by atomic mass is 9.99. The summed E-state index contributed by atoms with van der Waals surface area (Å²) in [5, 5.41) is 0. The van der Waals surface area contributed by atoms with Gasteiger partial charge in [-0.2, -0.15) is 26.3 Å². The van der Waals surface area contributed by atoms with E-state index >= 15 is 0 Å². The van der Waals surface area contributed by atoms with Crippen LogP contribution < -0.4 is 0 Å². The number of alkyl halides is 6. The van der Waals surface area contributed by atoms with Crippen LogP contribution in [0.3, 0.4) is 0 Å². The second-order valence-corrected chi connectivity index (χ2v) is 7.95. The van der Waals surface area contributed by atoms with Crippen molar-refractivity contribution >= 4 is 11.9 Å². The summed E-state index contributed by atoms with van der Waals surface area (Å²) in [4.78, 5) is 27.9. The third-order valence-electron chi connectivity index (χ3n) is 5.56. The Kier molecular flexibility index (Phi) is 7.54. The Morgan fingerprint density at radius 2 is 1.53 bits per heavy atom. The third-order valence-corrected chi connectivity index (χ3v) is 5.56. The van der Waals surface area contributed by atoms with Crippen LogP contribution in [-0.4, -0.2) is 61.0 Å². The lowest BCUT2D eigenvalue weighted by Crippen LogP contribution is -2.56. The standard InChI is InChI=1S/C23H22F6N2O3/c1-34-20(32)14-30-7-8-31(19(13-30)9-15-5-3-2-4-6-15)21(33)16-10-17(22(24,25)26)12-18(11-16)23(27,28)29/h2-6,10-12,19H,7-9,13-14H2,1H3/t19-/m1/s1. The molecule has 11 heteroatoms. The van der Waals surface area contributed by atoms with Gasteiger partial charge in [-0.1, -0.05) is 30.3 Å². The van der Waals surface area contributed by atoms with E-state index in [9.17, 15) is 35.9 Å². The molecule has 34 heavy (non-hydrogen) atoms. The molecule has 0 radical (unpaired) electrons. The Labute approximate surface area is 191 Å². The van der Waals surface area contributed by atoms with E-state index in [4.69, 9.17) is 0 Å². The second kappa shape index (κ2) is 10.0. The fraction of sp³-hybridized carbons (Fsp3) is 0.391. The Morgan fingerprint density at radius 1 is 0.941 bits per heavy atom. The van der Waals surface area contributed by atoms with E-state index in [1.165, 1.54) is 12.0 Å². The molecule has 1 atom stereocenters. The quantitative estimate of drug-likeness (QED) is 0.466. The SMILES string of the molecule is COC(=O)CN1CCN(C(=O)c2cc(C(F)(F)F)cc(C(F)(F)F)c2)[C@H](Cc2ccccc2)C1. The highest BCUT2D eigenvalue weighted by Gasteiger charge is 2.39. The van der Waals surface area contributed by atoms with Gasteiger partial charge in [0, 0.05) is 31.2 Å². The number of hydrogen-bond donors (Lipinski definition) is 0. The number of carbonyl (C=O) groups is 2. The van der Waals surface area contributed by atoms with Gasteiger partial charge in [0.2, 0.25) is 0 Å². The molecule has 184 valence electrons. The smallest absolute Gasteiger partial charge is 0.416 e. The summed E-state index contributed by atoms with van der Waals surface area (Å²) in [6.45, 7) is 0.370. The average molecular weight is 488 g/mol. The highest BCUT2D eigenvalue weighted by Crippen LogP contribution is 2.36. The van der Waals surface area contributed by atoms with Crippen molar-refractivity contribution in [2.75, 3.05) is 33.3 Å². The van der Waals surface area contributed by atoms with E-state index in [2.05, 4.69) is 4.74 Å². The fourth-order valence-electron chi connectivity index (χ4n) is 3.88.